The minimum Gasteiger partial charge on any atom is -0.254 e. The Hall–Kier alpha value is -13.8. The zero-order valence-electron chi connectivity index (χ0n) is 53.4. The van der Waals surface area contributed by atoms with Gasteiger partial charge in [-0.25, -0.2) is 44.9 Å². The van der Waals surface area contributed by atoms with Crippen LogP contribution >= 0.6 is 0 Å². The molecule has 464 valence electrons. The highest BCUT2D eigenvalue weighted by molar-refractivity contribution is 6.08. The highest BCUT2D eigenvalue weighted by Crippen LogP contribution is 2.36. The molecule has 20 aromatic rings. The molecular formula is C88H52N12. The third kappa shape index (κ3) is 10.7. The summed E-state index contributed by atoms with van der Waals surface area (Å²) in [7, 11) is 0. The van der Waals surface area contributed by atoms with Gasteiger partial charge in [-0.15, -0.1) is 0 Å². The molecule has 0 radical (unpaired) electrons. The first-order valence-electron chi connectivity index (χ1n) is 33.0. The smallest absolute Gasteiger partial charge is 0.178 e. The van der Waals surface area contributed by atoms with Crippen molar-refractivity contribution in [3.05, 3.63) is 316 Å². The molecule has 12 nitrogen and oxygen atoms in total. The fraction of sp³-hybridized carbons (Fsp3) is 0. The van der Waals surface area contributed by atoms with Crippen LogP contribution in [0.3, 0.4) is 0 Å². The third-order valence-electron chi connectivity index (χ3n) is 18.7. The molecule has 10 aromatic carbocycles. The summed E-state index contributed by atoms with van der Waals surface area (Å²) in [6.45, 7) is 0. The van der Waals surface area contributed by atoms with Gasteiger partial charge in [0.25, 0.3) is 0 Å². The topological polar surface area (TPSA) is 155 Å². The van der Waals surface area contributed by atoms with E-state index in [4.69, 9.17) is 34.9 Å². The van der Waals surface area contributed by atoms with E-state index in [1.807, 2.05) is 104 Å². The third-order valence-corrected chi connectivity index (χ3v) is 18.7. The lowest BCUT2D eigenvalue weighted by Crippen LogP contribution is -1.93. The molecular weight excluding hydrogens is 1230 g/mol. The van der Waals surface area contributed by atoms with Crippen molar-refractivity contribution >= 4 is 109 Å². The second-order valence-electron chi connectivity index (χ2n) is 24.9. The molecule has 0 saturated carbocycles. The van der Waals surface area contributed by atoms with Crippen LogP contribution in [0.2, 0.25) is 0 Å². The standard InChI is InChI=1S/2C44H26N6/c1-2-6-36-35(4-1)26-46-44(50-36)40-22-15-29-11-14-33(25-41(29)48-40)32-17-20-39-34(24-32)18-21-37(47-39)27-7-9-28(10-8-27)38-19-16-31-13-12-30-5-3-23-45-42(30)43(31)49-38;1-2-6-37-34(4-1)26-47-44(50-37)40-20-14-29-11-12-32(25-41(29)49-40)31-15-18-39-33(24-31)16-19-38(48-39)28-9-7-27(8-10-28)35-21-23-46-43-36(35)17-13-30-5-3-22-45-42(30)43/h2*1-26H. The molecule has 0 aliphatic heterocycles. The first-order chi connectivity index (χ1) is 49.4. The molecule has 20 rings (SSSR count). The second kappa shape index (κ2) is 24.1. The lowest BCUT2D eigenvalue weighted by atomic mass is 9.98. The molecule has 0 aliphatic carbocycles. The van der Waals surface area contributed by atoms with Crippen molar-refractivity contribution < 1.29 is 0 Å². The maximum Gasteiger partial charge on any atom is 0.178 e. The van der Waals surface area contributed by atoms with E-state index in [-0.39, 0.29) is 0 Å². The summed E-state index contributed by atoms with van der Waals surface area (Å²) in [5, 5.41) is 10.7. The number of rotatable bonds is 8. The van der Waals surface area contributed by atoms with Gasteiger partial charge in [-0.3, -0.25) is 15.0 Å². The Labute approximate surface area is 571 Å². The largest absolute Gasteiger partial charge is 0.254 e. The SMILES string of the molecule is c1ccc2nc(-c3ccc4ccc(-c5ccc6nc(-c7ccc(-c8ccc9ccc%10cccnc%10c9n8)cc7)ccc6c5)cc4n3)ncc2c1.c1ccc2nc(-c3ccc4ccc(-c5ccc6nc(-c7ccc(-c8ccnc9c8ccc8cccnc89)cc7)ccc6c5)cc4n3)ncc2c1. The van der Waals surface area contributed by atoms with Crippen LogP contribution in [0, 0.1) is 0 Å². The highest BCUT2D eigenvalue weighted by Gasteiger charge is 2.15. The van der Waals surface area contributed by atoms with Gasteiger partial charge in [0.05, 0.1) is 72.2 Å². The summed E-state index contributed by atoms with van der Waals surface area (Å²) in [5.74, 6) is 1.24. The maximum atomic E-state index is 5.04. The Balaban J connectivity index is 0.000000139. The molecule has 0 N–H and O–H groups in total. The molecule has 10 aromatic heterocycles. The number of pyridine rings is 8. The van der Waals surface area contributed by atoms with Gasteiger partial charge >= 0.3 is 0 Å². The summed E-state index contributed by atoms with van der Waals surface area (Å²) in [4.78, 5) is 57.5. The van der Waals surface area contributed by atoms with Gasteiger partial charge in [0.1, 0.15) is 11.4 Å². The zero-order valence-corrected chi connectivity index (χ0v) is 53.4. The molecule has 0 unspecified atom stereocenters. The van der Waals surface area contributed by atoms with Crippen molar-refractivity contribution in [1.82, 2.24) is 59.8 Å². The fourth-order valence-electron chi connectivity index (χ4n) is 13.5. The van der Waals surface area contributed by atoms with Gasteiger partial charge in [-0.05, 0) is 130 Å². The van der Waals surface area contributed by atoms with E-state index in [2.05, 4.69) is 237 Å². The Morgan fingerprint density at radius 1 is 0.180 bits per heavy atom. The number of hydrogen-bond donors (Lipinski definition) is 0. The molecule has 0 bridgehead atoms. The van der Waals surface area contributed by atoms with Crippen molar-refractivity contribution in [2.45, 2.75) is 0 Å². The van der Waals surface area contributed by atoms with Crippen molar-refractivity contribution in [2.75, 3.05) is 0 Å². The van der Waals surface area contributed by atoms with Crippen LogP contribution in [0.4, 0.5) is 0 Å². The van der Waals surface area contributed by atoms with E-state index < -0.39 is 0 Å². The summed E-state index contributed by atoms with van der Waals surface area (Å²) in [5.41, 5.74) is 23.3. The number of nitrogens with zero attached hydrogens (tertiary/aromatic N) is 12. The van der Waals surface area contributed by atoms with E-state index in [1.54, 1.807) is 0 Å². The summed E-state index contributed by atoms with van der Waals surface area (Å²) in [6.07, 6.45) is 9.22. The first-order valence-corrected chi connectivity index (χ1v) is 33.0. The van der Waals surface area contributed by atoms with Gasteiger partial charge in [0, 0.05) is 102 Å². The van der Waals surface area contributed by atoms with Crippen LogP contribution in [-0.2, 0) is 0 Å². The molecule has 0 saturated heterocycles. The van der Waals surface area contributed by atoms with Crippen LogP contribution in [0.5, 0.6) is 0 Å². The van der Waals surface area contributed by atoms with Crippen LogP contribution in [-0.4, -0.2) is 59.8 Å². The number of para-hydroxylation sites is 2. The normalized spacial score (nSPS) is 11.6. The predicted molar refractivity (Wildman–Crippen MR) is 405 cm³/mol. The lowest BCUT2D eigenvalue weighted by Gasteiger charge is -2.10. The van der Waals surface area contributed by atoms with E-state index >= 15 is 0 Å². The zero-order chi connectivity index (χ0) is 66.0. The van der Waals surface area contributed by atoms with Gasteiger partial charge in [-0.1, -0.05) is 188 Å². The number of fused-ring (bicyclic) bond motifs is 12. The minimum atomic E-state index is 0.620. The van der Waals surface area contributed by atoms with Gasteiger partial charge in [-0.2, -0.15) is 0 Å². The fourth-order valence-corrected chi connectivity index (χ4v) is 13.5. The maximum absolute atomic E-state index is 5.04. The monoisotopic (exact) mass is 1280 g/mol. The molecule has 0 fully saturated rings. The summed E-state index contributed by atoms with van der Waals surface area (Å²) < 4.78 is 0. The Morgan fingerprint density at radius 3 is 1.10 bits per heavy atom. The molecule has 0 atom stereocenters. The van der Waals surface area contributed by atoms with E-state index in [9.17, 15) is 0 Å². The van der Waals surface area contributed by atoms with Crippen LogP contribution in [0.1, 0.15) is 0 Å². The van der Waals surface area contributed by atoms with Gasteiger partial charge in [0.15, 0.2) is 11.6 Å². The quantitative estimate of drug-likeness (QED) is 0.133. The average Bonchev–Trinajstić information content (AvgIpc) is 0.788. The number of aromatic nitrogens is 12. The Morgan fingerprint density at radius 2 is 0.550 bits per heavy atom. The molecule has 10 heterocycles. The number of benzene rings is 10. The molecule has 0 spiro atoms. The second-order valence-corrected chi connectivity index (χ2v) is 24.9. The van der Waals surface area contributed by atoms with Gasteiger partial charge in [0.2, 0.25) is 0 Å². The predicted octanol–water partition coefficient (Wildman–Crippen LogP) is 21.0. The highest BCUT2D eigenvalue weighted by atomic mass is 14.9. The van der Waals surface area contributed by atoms with Crippen molar-refractivity contribution in [3.63, 3.8) is 0 Å². The number of hydrogen-bond acceptors (Lipinski definition) is 12. The van der Waals surface area contributed by atoms with Crippen molar-refractivity contribution in [3.8, 4) is 90.2 Å². The van der Waals surface area contributed by atoms with Crippen molar-refractivity contribution in [1.29, 1.82) is 0 Å². The van der Waals surface area contributed by atoms with E-state index in [1.165, 1.54) is 0 Å². The van der Waals surface area contributed by atoms with E-state index in [0.717, 1.165) is 188 Å². The summed E-state index contributed by atoms with van der Waals surface area (Å²) >= 11 is 0. The lowest BCUT2D eigenvalue weighted by molar-refractivity contribution is 1.19. The van der Waals surface area contributed by atoms with Crippen LogP contribution in [0.15, 0.2) is 316 Å². The Kier molecular flexibility index (Phi) is 13.9. The van der Waals surface area contributed by atoms with E-state index in [0.29, 0.717) is 11.6 Å². The molecule has 0 aliphatic rings. The average molecular weight is 1280 g/mol. The van der Waals surface area contributed by atoms with Crippen molar-refractivity contribution in [2.24, 2.45) is 0 Å². The summed E-state index contributed by atoms with van der Waals surface area (Å²) in [6, 6.07) is 98.0. The van der Waals surface area contributed by atoms with Gasteiger partial charge < -0.3 is 0 Å². The minimum absolute atomic E-state index is 0.620. The molecule has 12 heteroatoms. The van der Waals surface area contributed by atoms with Crippen LogP contribution in [0.25, 0.3) is 199 Å². The first kappa shape index (κ1) is 57.6. The Bertz CT molecular complexity index is 6640. The van der Waals surface area contributed by atoms with Crippen LogP contribution < -0.4 is 0 Å². The molecule has 0 amide bonds. The molecule has 100 heavy (non-hydrogen) atoms.